The fourth-order valence-corrected chi connectivity index (χ4v) is 3.40. The van der Waals surface area contributed by atoms with E-state index in [-0.39, 0.29) is 5.91 Å². The number of pyridine rings is 1. The molecule has 1 aromatic heterocycles. The number of piperidine rings is 1. The zero-order valence-corrected chi connectivity index (χ0v) is 16.4. The lowest BCUT2D eigenvalue weighted by atomic mass is 10.1. The molecule has 5 nitrogen and oxygen atoms in total. The van der Waals surface area contributed by atoms with E-state index in [2.05, 4.69) is 46.4 Å². The monoisotopic (exact) mass is 366 g/mol. The van der Waals surface area contributed by atoms with Gasteiger partial charge in [0.05, 0.1) is 0 Å². The van der Waals surface area contributed by atoms with Gasteiger partial charge in [-0.1, -0.05) is 13.3 Å². The molecule has 1 amide bonds. The SMILES string of the molecule is CCCCN(C)C(=O)c1ccnc(Nc2ccc(N3CCCCC3)cc2)c1. The highest BCUT2D eigenvalue weighted by molar-refractivity contribution is 5.94. The van der Waals surface area contributed by atoms with Crippen LogP contribution in [0.25, 0.3) is 0 Å². The number of anilines is 3. The van der Waals surface area contributed by atoms with Gasteiger partial charge in [-0.15, -0.1) is 0 Å². The topological polar surface area (TPSA) is 48.5 Å². The number of hydrogen-bond donors (Lipinski definition) is 1. The van der Waals surface area contributed by atoms with Gasteiger partial charge in [0.2, 0.25) is 0 Å². The van der Waals surface area contributed by atoms with E-state index in [9.17, 15) is 4.79 Å². The molecule has 27 heavy (non-hydrogen) atoms. The van der Waals surface area contributed by atoms with Crippen LogP contribution in [0.1, 0.15) is 49.4 Å². The van der Waals surface area contributed by atoms with Gasteiger partial charge in [0.1, 0.15) is 5.82 Å². The van der Waals surface area contributed by atoms with Crippen LogP contribution < -0.4 is 10.2 Å². The van der Waals surface area contributed by atoms with Crippen molar-refractivity contribution in [2.24, 2.45) is 0 Å². The molecule has 1 N–H and O–H groups in total. The highest BCUT2D eigenvalue weighted by Gasteiger charge is 2.13. The predicted octanol–water partition coefficient (Wildman–Crippen LogP) is 4.69. The van der Waals surface area contributed by atoms with E-state index in [0.29, 0.717) is 11.4 Å². The first kappa shape index (κ1) is 19.2. The first-order valence-corrected chi connectivity index (χ1v) is 10.0. The van der Waals surface area contributed by atoms with Gasteiger partial charge in [-0.3, -0.25) is 4.79 Å². The summed E-state index contributed by atoms with van der Waals surface area (Å²) in [6.07, 6.45) is 7.67. The van der Waals surface area contributed by atoms with E-state index < -0.39 is 0 Å². The quantitative estimate of drug-likeness (QED) is 0.772. The zero-order chi connectivity index (χ0) is 19.1. The molecule has 0 aliphatic carbocycles. The lowest BCUT2D eigenvalue weighted by Gasteiger charge is -2.28. The van der Waals surface area contributed by atoms with E-state index in [1.54, 1.807) is 17.2 Å². The minimum absolute atomic E-state index is 0.0364. The van der Waals surface area contributed by atoms with Crippen molar-refractivity contribution in [3.8, 4) is 0 Å². The number of nitrogens with one attached hydrogen (secondary N) is 1. The highest BCUT2D eigenvalue weighted by atomic mass is 16.2. The van der Waals surface area contributed by atoms with Crippen LogP contribution in [0.2, 0.25) is 0 Å². The van der Waals surface area contributed by atoms with Crippen LogP contribution in [0.5, 0.6) is 0 Å². The molecule has 0 saturated carbocycles. The molecule has 2 aromatic rings. The van der Waals surface area contributed by atoms with Crippen LogP contribution in [-0.2, 0) is 0 Å². The van der Waals surface area contributed by atoms with Gasteiger partial charge in [0.25, 0.3) is 5.91 Å². The van der Waals surface area contributed by atoms with Crippen molar-refractivity contribution < 1.29 is 4.79 Å². The van der Waals surface area contributed by atoms with Gasteiger partial charge in [-0.05, 0) is 62.1 Å². The Morgan fingerprint density at radius 1 is 1.15 bits per heavy atom. The Morgan fingerprint density at radius 2 is 1.89 bits per heavy atom. The lowest BCUT2D eigenvalue weighted by molar-refractivity contribution is 0.0793. The molecule has 1 aliphatic heterocycles. The molecule has 0 bridgehead atoms. The molecule has 3 rings (SSSR count). The average Bonchev–Trinajstić information content (AvgIpc) is 2.73. The van der Waals surface area contributed by atoms with E-state index in [0.717, 1.165) is 38.2 Å². The fraction of sp³-hybridized carbons (Fsp3) is 0.455. The molecule has 0 unspecified atom stereocenters. The number of nitrogens with zero attached hydrogens (tertiary/aromatic N) is 3. The minimum Gasteiger partial charge on any atom is -0.372 e. The Kier molecular flexibility index (Phi) is 6.69. The normalized spacial score (nSPS) is 14.1. The van der Waals surface area contributed by atoms with E-state index >= 15 is 0 Å². The number of unbranched alkanes of at least 4 members (excludes halogenated alkanes) is 1. The lowest BCUT2D eigenvalue weighted by Crippen LogP contribution is -2.29. The number of carbonyl (C=O) groups is 1. The summed E-state index contributed by atoms with van der Waals surface area (Å²) in [7, 11) is 1.85. The Labute approximate surface area is 162 Å². The number of carbonyl (C=O) groups excluding carboxylic acids is 1. The summed E-state index contributed by atoms with van der Waals surface area (Å²) in [5.74, 6) is 0.727. The van der Waals surface area contributed by atoms with Crippen LogP contribution in [0.3, 0.4) is 0 Å². The Balaban J connectivity index is 1.64. The van der Waals surface area contributed by atoms with Gasteiger partial charge in [0.15, 0.2) is 0 Å². The van der Waals surface area contributed by atoms with Crippen molar-refractivity contribution in [3.05, 3.63) is 48.2 Å². The molecule has 144 valence electrons. The predicted molar refractivity (Wildman–Crippen MR) is 112 cm³/mol. The number of benzene rings is 1. The van der Waals surface area contributed by atoms with Gasteiger partial charge >= 0.3 is 0 Å². The molecule has 1 aliphatic rings. The molecule has 2 heterocycles. The second kappa shape index (κ2) is 9.40. The Hall–Kier alpha value is -2.56. The van der Waals surface area contributed by atoms with Crippen molar-refractivity contribution in [1.82, 2.24) is 9.88 Å². The van der Waals surface area contributed by atoms with E-state index in [4.69, 9.17) is 0 Å². The molecular weight excluding hydrogens is 336 g/mol. The van der Waals surface area contributed by atoms with Crippen LogP contribution in [0.15, 0.2) is 42.6 Å². The van der Waals surface area contributed by atoms with Crippen LogP contribution >= 0.6 is 0 Å². The van der Waals surface area contributed by atoms with Gasteiger partial charge in [0, 0.05) is 49.8 Å². The summed E-state index contributed by atoms with van der Waals surface area (Å²) >= 11 is 0. The third-order valence-electron chi connectivity index (χ3n) is 5.06. The standard InChI is InChI=1S/C22H30N4O/c1-3-4-14-25(2)22(27)18-12-13-23-21(17-18)24-19-8-10-20(11-9-19)26-15-6-5-7-16-26/h8-13,17H,3-7,14-16H2,1-2H3,(H,23,24). The summed E-state index contributed by atoms with van der Waals surface area (Å²) in [4.78, 5) is 21.1. The first-order valence-electron chi connectivity index (χ1n) is 10.0. The number of amides is 1. The molecule has 0 radical (unpaired) electrons. The summed E-state index contributed by atoms with van der Waals surface area (Å²) in [5.41, 5.74) is 2.91. The smallest absolute Gasteiger partial charge is 0.253 e. The summed E-state index contributed by atoms with van der Waals surface area (Å²) in [6.45, 7) is 5.19. The van der Waals surface area contributed by atoms with Gasteiger partial charge in [-0.25, -0.2) is 4.98 Å². The number of hydrogen-bond acceptors (Lipinski definition) is 4. The number of aromatic nitrogens is 1. The van der Waals surface area contributed by atoms with E-state index in [1.165, 1.54) is 24.9 Å². The van der Waals surface area contributed by atoms with Gasteiger partial charge in [-0.2, -0.15) is 0 Å². The van der Waals surface area contributed by atoms with Crippen molar-refractivity contribution >= 4 is 23.1 Å². The maximum Gasteiger partial charge on any atom is 0.253 e. The van der Waals surface area contributed by atoms with Crippen LogP contribution in [0.4, 0.5) is 17.2 Å². The number of rotatable bonds is 7. The zero-order valence-electron chi connectivity index (χ0n) is 16.4. The largest absolute Gasteiger partial charge is 0.372 e. The second-order valence-corrected chi connectivity index (χ2v) is 7.23. The highest BCUT2D eigenvalue weighted by Crippen LogP contribution is 2.23. The van der Waals surface area contributed by atoms with Crippen molar-refractivity contribution in [1.29, 1.82) is 0 Å². The minimum atomic E-state index is 0.0364. The van der Waals surface area contributed by atoms with Crippen molar-refractivity contribution in [2.45, 2.75) is 39.0 Å². The third kappa shape index (κ3) is 5.22. The van der Waals surface area contributed by atoms with Crippen LogP contribution in [-0.4, -0.2) is 42.5 Å². The Bertz CT molecular complexity index is 738. The molecule has 1 saturated heterocycles. The van der Waals surface area contributed by atoms with Crippen molar-refractivity contribution in [2.75, 3.05) is 36.9 Å². The first-order chi connectivity index (χ1) is 13.2. The average molecular weight is 367 g/mol. The summed E-state index contributed by atoms with van der Waals surface area (Å²) in [5, 5.41) is 3.31. The third-order valence-corrected chi connectivity index (χ3v) is 5.06. The van der Waals surface area contributed by atoms with Gasteiger partial charge < -0.3 is 15.1 Å². The summed E-state index contributed by atoms with van der Waals surface area (Å²) in [6, 6.07) is 12.1. The second-order valence-electron chi connectivity index (χ2n) is 7.23. The molecule has 1 aromatic carbocycles. The maximum atomic E-state index is 12.5. The molecule has 0 atom stereocenters. The molecular formula is C22H30N4O. The fourth-order valence-electron chi connectivity index (χ4n) is 3.40. The molecule has 0 spiro atoms. The van der Waals surface area contributed by atoms with Crippen molar-refractivity contribution in [3.63, 3.8) is 0 Å². The molecule has 1 fully saturated rings. The Morgan fingerprint density at radius 3 is 2.59 bits per heavy atom. The van der Waals surface area contributed by atoms with E-state index in [1.807, 2.05) is 13.1 Å². The van der Waals surface area contributed by atoms with Crippen LogP contribution in [0, 0.1) is 0 Å². The summed E-state index contributed by atoms with van der Waals surface area (Å²) < 4.78 is 0. The maximum absolute atomic E-state index is 12.5. The molecule has 5 heteroatoms.